The second-order valence-corrected chi connectivity index (χ2v) is 25.8. The Labute approximate surface area is 486 Å². The van der Waals surface area contributed by atoms with Crippen LogP contribution >= 0.6 is 12.2 Å². The van der Waals surface area contributed by atoms with Gasteiger partial charge >= 0.3 is 104 Å². The molecule has 8 N–H and O–H groups in total. The first-order chi connectivity index (χ1) is 38.7. The summed E-state index contributed by atoms with van der Waals surface area (Å²) in [4.78, 5) is 82.1. The molecule has 1 amide bonds. The maximum absolute atomic E-state index is 14.9. The molecule has 23 nitrogen and oxygen atoms in total. The fourth-order valence-electron chi connectivity index (χ4n) is 11.3. The zero-order valence-corrected chi connectivity index (χ0v) is 49.4. The maximum atomic E-state index is 14.9. The van der Waals surface area contributed by atoms with Crippen LogP contribution in [-0.4, -0.2) is 154 Å². The zero-order chi connectivity index (χ0) is 61.6. The first-order valence-electron chi connectivity index (χ1n) is 26.2. The monoisotopic (exact) mass is 1230 g/mol. The molecule has 3 fully saturated rings. The number of nitrogens with one attached hydrogen (secondary N) is 1. The predicted molar refractivity (Wildman–Crippen MR) is 299 cm³/mol. The molecule has 1 aliphatic heterocycles. The predicted octanol–water partition coefficient (Wildman–Crippen LogP) is 4.45. The van der Waals surface area contributed by atoms with Gasteiger partial charge in [0.2, 0.25) is 0 Å². The first kappa shape index (κ1) is 65.2. The molecule has 1 saturated heterocycles. The van der Waals surface area contributed by atoms with Gasteiger partial charge < -0.3 is 49.4 Å². The van der Waals surface area contributed by atoms with E-state index in [1.54, 1.807) is 83.1 Å². The molecule has 3 aliphatic carbocycles. The van der Waals surface area contributed by atoms with Gasteiger partial charge in [0.05, 0.1) is 47.4 Å². The molecule has 4 aromatic rings. The van der Waals surface area contributed by atoms with Crippen molar-refractivity contribution in [2.24, 2.45) is 21.7 Å². The zero-order valence-electron chi connectivity index (χ0n) is 46.7. The van der Waals surface area contributed by atoms with Crippen LogP contribution in [0.15, 0.2) is 125 Å². The fraction of sp³-hybridized carbons (Fsp3) is 0.448. The number of Topliss-reactive ketones (excluding diaryl/α,β-unsaturated/α-hetero) is 1. The van der Waals surface area contributed by atoms with Crippen LogP contribution in [0.5, 0.6) is 5.75 Å². The van der Waals surface area contributed by atoms with Crippen LogP contribution < -0.4 is 9.67 Å². The number of aliphatic imine (C=N–C) groups is 1. The summed E-state index contributed by atoms with van der Waals surface area (Å²) in [7, 11) is 0. The Bertz CT molecular complexity index is 3190. The number of nitrogens with zero attached hydrogens (tertiary/aromatic N) is 2. The molecule has 2 bridgehead atoms. The molecule has 4 aliphatic rings. The maximum Gasteiger partial charge on any atom is 0.0585 e. The topological polar surface area (TPSA) is 358 Å². The summed E-state index contributed by atoms with van der Waals surface area (Å²) in [6, 6.07) is 27.4. The van der Waals surface area contributed by atoms with Gasteiger partial charge in [-0.05, 0) is 87.7 Å². The minimum atomic E-state index is -5.13. The Morgan fingerprint density at radius 3 is 2.07 bits per heavy atom. The number of nitro groups is 1. The van der Waals surface area contributed by atoms with Gasteiger partial charge in [0.15, 0.2) is 17.5 Å². The van der Waals surface area contributed by atoms with Crippen LogP contribution in [0.4, 0.5) is 10.5 Å². The van der Waals surface area contributed by atoms with Crippen LogP contribution in [0.25, 0.3) is 0 Å². The number of nitro benzene ring substituents is 1. The van der Waals surface area contributed by atoms with Gasteiger partial charge in [-0.25, -0.2) is 19.4 Å². The molecule has 0 aromatic heterocycles. The molecular weight excluding hydrogens is 1170 g/mol. The molecule has 4 aromatic carbocycles. The Morgan fingerprint density at radius 1 is 0.952 bits per heavy atom. The first-order valence-corrected chi connectivity index (χ1v) is 30.0. The van der Waals surface area contributed by atoms with Gasteiger partial charge in [-0.1, -0.05) is 92.7 Å². The van der Waals surface area contributed by atoms with Gasteiger partial charge in [-0.2, -0.15) is 0 Å². The molecule has 1 heterocycles. The smallest absolute Gasteiger partial charge is 0.0585 e. The number of benzene rings is 4. The third kappa shape index (κ3) is 14.0. The minimum Gasteiger partial charge on any atom is -0.232 e. The van der Waals surface area contributed by atoms with E-state index in [0.717, 1.165) is 32.0 Å². The number of carbonyl (C=O) groups is 5. The van der Waals surface area contributed by atoms with Gasteiger partial charge in [0.25, 0.3) is 0 Å². The Kier molecular flexibility index (Phi) is 20.3. The number of thiocarbonyl (C=S) groups is 1. The third-order valence-electron chi connectivity index (χ3n) is 15.5. The van der Waals surface area contributed by atoms with Crippen LogP contribution in [0.2, 0.25) is 0 Å². The van der Waals surface area contributed by atoms with Gasteiger partial charge in [0.1, 0.15) is 35.6 Å². The summed E-state index contributed by atoms with van der Waals surface area (Å²) in [5.74, 6) is -5.99. The molecule has 446 valence electrons. The number of hydrogen-bond acceptors (Lipinski definition) is 20. The molecule has 83 heavy (non-hydrogen) atoms. The molecular formula is C58H68AsN3O20S. The molecule has 0 spiro atoms. The van der Waals surface area contributed by atoms with Crippen LogP contribution in [0, 0.1) is 26.9 Å². The van der Waals surface area contributed by atoms with Crippen molar-refractivity contribution in [1.29, 1.82) is 0 Å². The number of rotatable bonds is 13. The van der Waals surface area contributed by atoms with E-state index < -0.39 is 147 Å². The van der Waals surface area contributed by atoms with Crippen molar-refractivity contribution in [3.8, 4) is 5.75 Å². The number of fused-ring (bicyclic) bond motifs is 5. The Morgan fingerprint density at radius 2 is 1.54 bits per heavy atom. The number of phenolic OH excluding ortho intramolecular Hbond substituents is 1. The number of aromatic hydroxyl groups is 1. The molecule has 11 atom stereocenters. The van der Waals surface area contributed by atoms with Crippen LogP contribution in [-0.2, 0) is 48.2 Å². The average Bonchev–Trinajstić information content (AvgIpc) is 0.716. The van der Waals surface area contributed by atoms with Gasteiger partial charge in [-0.15, -0.1) is 0 Å². The molecule has 0 unspecified atom stereocenters. The quantitative estimate of drug-likeness (QED) is 0.0134. The Hall–Kier alpha value is -6.95. The van der Waals surface area contributed by atoms with Crippen molar-refractivity contribution in [2.45, 2.75) is 134 Å². The number of ketones is 1. The van der Waals surface area contributed by atoms with Crippen molar-refractivity contribution in [1.82, 2.24) is 5.32 Å². The van der Waals surface area contributed by atoms with Gasteiger partial charge in [-0.3, -0.25) is 9.59 Å². The SMILES string of the molecule is CC(=O)O[C@@]12CO[C@@H]1C[C@H](O)[C@@]1(C)C(=O)[C@H](O)C3=C(C)[C@@H](OC(=O)[C@H](O)[C@@H](NC(=O)OC(C)(C)C)c4ccccc4)C[C@@](O)([C@@H](OC(=O)c4ccccc4)[C@H]21)C3(C)C.O=[N+]([O-])c1cc([As](=O)(O)O)ccc1O.S=C=NCCc1ccccc1. The number of hydrogen-bond donors (Lipinski definition) is 8. The van der Waals surface area contributed by atoms with Crippen molar-refractivity contribution in [3.63, 3.8) is 0 Å². The van der Waals surface area contributed by atoms with Crippen molar-refractivity contribution in [2.75, 3.05) is 13.2 Å². The number of phenols is 1. The number of alkyl carbamates (subject to hydrolysis) is 1. The standard InChI is InChI=1S/C43H53NO14.C9H9NS.C6H6AsNO6/c1-22-26(55-37(51)32(48)30(24-15-11-9-12-16-24)44-38(52)58-39(3,4)5)20-43(53)35(56-36(50)25-17-13-10-14-18-25)33-41(8,34(49)31(47)29(22)40(43,6)7)27(46)19-28-42(33,21-54-28)57-23(2)45;11-8-10-7-6-9-4-2-1-3-5-9;9-6-2-1-4(7(10,11)12)3-5(6)8(13)14/h9-18,26-28,30-33,35,46-48,53H,19-21H2,1-8H3,(H,44,52);1-5H,6-7H2;1-3,9H,(H2,10,11,12)/t26-,27-,28+,30-,31+,32+,33-,35-,41+,42-,43+;;/m0../s1. The van der Waals surface area contributed by atoms with E-state index in [9.17, 15) is 58.3 Å². The number of aliphatic hydroxyl groups excluding tert-OH is 3. The normalized spacial score (nSPS) is 26.6. The van der Waals surface area contributed by atoms with Crippen molar-refractivity contribution < 1.29 is 90.0 Å². The third-order valence-corrected chi connectivity index (χ3v) is 17.6. The summed E-state index contributed by atoms with van der Waals surface area (Å²) in [6.07, 6.45) is -10.5. The van der Waals surface area contributed by atoms with Crippen molar-refractivity contribution in [3.05, 3.63) is 147 Å². The molecule has 25 heteroatoms. The van der Waals surface area contributed by atoms with Crippen LogP contribution in [0.3, 0.4) is 0 Å². The molecule has 2 saturated carbocycles. The summed E-state index contributed by atoms with van der Waals surface area (Å²) in [6.45, 7) is 12.5. The molecule has 0 radical (unpaired) electrons. The second-order valence-electron chi connectivity index (χ2n) is 22.3. The van der Waals surface area contributed by atoms with Crippen LogP contribution in [0.1, 0.15) is 95.8 Å². The Balaban J connectivity index is 0.000000362. The van der Waals surface area contributed by atoms with E-state index in [-0.39, 0.29) is 29.7 Å². The minimum absolute atomic E-state index is 0.0637. The number of carbonyl (C=O) groups excluding carboxylic acids is 5. The van der Waals surface area contributed by atoms with E-state index in [4.69, 9.17) is 37.0 Å². The van der Waals surface area contributed by atoms with Gasteiger partial charge in [0, 0.05) is 25.2 Å². The van der Waals surface area contributed by atoms with Crippen molar-refractivity contribution >= 4 is 71.4 Å². The number of amides is 1. The number of isothiocyanates is 1. The summed E-state index contributed by atoms with van der Waals surface area (Å²) >= 11 is -0.680. The number of ether oxygens (including phenoxy) is 5. The summed E-state index contributed by atoms with van der Waals surface area (Å²) in [5.41, 5.74) is -7.56. The van der Waals surface area contributed by atoms with E-state index in [1.807, 2.05) is 18.2 Å². The number of esters is 3. The van der Waals surface area contributed by atoms with E-state index in [2.05, 4.69) is 39.8 Å². The number of aliphatic hydroxyl groups is 4. The largest absolute Gasteiger partial charge is 0.232 e. The summed E-state index contributed by atoms with van der Waals surface area (Å²) < 4.78 is 57.3. The molecule has 8 rings (SSSR count). The van der Waals surface area contributed by atoms with E-state index in [1.165, 1.54) is 31.5 Å². The van der Waals surface area contributed by atoms with E-state index >= 15 is 0 Å². The second kappa shape index (κ2) is 25.9. The fourth-order valence-corrected chi connectivity index (χ4v) is 12.5. The summed E-state index contributed by atoms with van der Waals surface area (Å²) in [5, 5.41) is 73.2. The van der Waals surface area contributed by atoms with E-state index in [0.29, 0.717) is 11.6 Å². The average molecular weight is 1230 g/mol.